The molecule has 0 spiro atoms. The summed E-state index contributed by atoms with van der Waals surface area (Å²) in [6.07, 6.45) is 1.64. The number of H-pyrrole nitrogens is 1. The fourth-order valence-electron chi connectivity index (χ4n) is 2.11. The van der Waals surface area contributed by atoms with Crippen LogP contribution in [0.1, 0.15) is 31.5 Å². The first kappa shape index (κ1) is 18.5. The maximum Gasteiger partial charge on any atom is 0.251 e. The van der Waals surface area contributed by atoms with Crippen molar-refractivity contribution in [2.75, 3.05) is 5.32 Å². The van der Waals surface area contributed by atoms with Crippen LogP contribution in [0.5, 0.6) is 0 Å². The summed E-state index contributed by atoms with van der Waals surface area (Å²) in [5.74, 6) is -0.172. The first-order valence-electron chi connectivity index (χ1n) is 7.73. The molecule has 1 aromatic heterocycles. The number of rotatable bonds is 6. The molecule has 2 rings (SSSR count). The van der Waals surface area contributed by atoms with Crippen LogP contribution in [0, 0.1) is 6.92 Å². The average molecular weight is 366 g/mol. The zero-order valence-corrected chi connectivity index (χ0v) is 15.4. The topological polar surface area (TPSA) is 74.8 Å². The van der Waals surface area contributed by atoms with Crippen molar-refractivity contribution in [3.8, 4) is 0 Å². The number of carbonyl (C=O) groups is 1. The van der Waals surface area contributed by atoms with E-state index in [1.54, 1.807) is 19.1 Å². The lowest BCUT2D eigenvalue weighted by atomic mass is 10.2. The van der Waals surface area contributed by atoms with Crippen molar-refractivity contribution in [3.63, 3.8) is 0 Å². The van der Waals surface area contributed by atoms with E-state index in [0.29, 0.717) is 15.9 Å². The Balaban J connectivity index is 2.09. The molecule has 7 heteroatoms. The summed E-state index contributed by atoms with van der Waals surface area (Å²) in [5.41, 5.74) is 2.15. The van der Waals surface area contributed by atoms with Gasteiger partial charge in [0.1, 0.15) is 0 Å². The number of thioether (sulfide) groups is 1. The van der Waals surface area contributed by atoms with Gasteiger partial charge >= 0.3 is 0 Å². The number of aryl methyl sites for hydroxylation is 2. The number of aromatic nitrogens is 2. The lowest BCUT2D eigenvalue weighted by molar-refractivity contribution is -0.115. The summed E-state index contributed by atoms with van der Waals surface area (Å²) >= 11 is 7.19. The molecule has 0 saturated heterocycles. The number of halogens is 1. The largest absolute Gasteiger partial charge is 0.325 e. The molecule has 5 nitrogen and oxygen atoms in total. The molecule has 0 saturated carbocycles. The van der Waals surface area contributed by atoms with Crippen molar-refractivity contribution in [1.82, 2.24) is 9.97 Å². The number of amides is 1. The van der Waals surface area contributed by atoms with Gasteiger partial charge in [0.25, 0.3) is 5.56 Å². The maximum absolute atomic E-state index is 12.4. The van der Waals surface area contributed by atoms with Gasteiger partial charge < -0.3 is 10.3 Å². The number of hydrogen-bond donors (Lipinski definition) is 2. The number of carbonyl (C=O) groups excluding carboxylic acids is 1. The summed E-state index contributed by atoms with van der Waals surface area (Å²) in [6, 6.07) is 6.84. The van der Waals surface area contributed by atoms with Gasteiger partial charge in [0.2, 0.25) is 5.91 Å². The minimum absolute atomic E-state index is 0.172. The Morgan fingerprint density at radius 1 is 1.42 bits per heavy atom. The van der Waals surface area contributed by atoms with E-state index in [0.717, 1.165) is 24.1 Å². The van der Waals surface area contributed by atoms with Crippen LogP contribution in [-0.4, -0.2) is 21.1 Å². The number of nitrogens with zero attached hydrogens (tertiary/aromatic N) is 1. The highest BCUT2D eigenvalue weighted by atomic mass is 35.5. The molecule has 0 bridgehead atoms. The van der Waals surface area contributed by atoms with Crippen molar-refractivity contribution in [1.29, 1.82) is 0 Å². The monoisotopic (exact) mass is 365 g/mol. The molecular formula is C17H20ClN3O2S. The molecular weight excluding hydrogens is 346 g/mol. The second-order valence-corrected chi connectivity index (χ2v) is 7.27. The van der Waals surface area contributed by atoms with Gasteiger partial charge in [0.05, 0.1) is 5.25 Å². The van der Waals surface area contributed by atoms with Gasteiger partial charge in [-0.15, -0.1) is 0 Å². The van der Waals surface area contributed by atoms with Crippen LogP contribution >= 0.6 is 23.4 Å². The van der Waals surface area contributed by atoms with E-state index in [-0.39, 0.29) is 11.5 Å². The Kier molecular flexibility index (Phi) is 6.45. The molecule has 0 aliphatic carbocycles. The van der Waals surface area contributed by atoms with E-state index in [2.05, 4.69) is 15.3 Å². The van der Waals surface area contributed by atoms with Gasteiger partial charge in [0.15, 0.2) is 5.16 Å². The van der Waals surface area contributed by atoms with Crippen molar-refractivity contribution >= 4 is 35.0 Å². The Morgan fingerprint density at radius 3 is 2.88 bits per heavy atom. The van der Waals surface area contributed by atoms with Crippen LogP contribution in [0.4, 0.5) is 5.69 Å². The van der Waals surface area contributed by atoms with Crippen molar-refractivity contribution < 1.29 is 4.79 Å². The molecule has 0 aliphatic rings. The first-order valence-corrected chi connectivity index (χ1v) is 8.98. The van der Waals surface area contributed by atoms with Crippen molar-refractivity contribution in [2.24, 2.45) is 0 Å². The summed E-state index contributed by atoms with van der Waals surface area (Å²) in [5, 5.41) is 3.47. The van der Waals surface area contributed by atoms with Crippen LogP contribution in [0.2, 0.25) is 5.02 Å². The quantitative estimate of drug-likeness (QED) is 0.603. The van der Waals surface area contributed by atoms with Crippen LogP contribution < -0.4 is 10.9 Å². The molecule has 1 heterocycles. The third-order valence-corrected chi connectivity index (χ3v) is 4.61. The van der Waals surface area contributed by atoms with E-state index >= 15 is 0 Å². The number of anilines is 1. The maximum atomic E-state index is 12.4. The van der Waals surface area contributed by atoms with E-state index in [1.807, 2.05) is 19.9 Å². The van der Waals surface area contributed by atoms with E-state index in [4.69, 9.17) is 11.6 Å². The molecule has 24 heavy (non-hydrogen) atoms. The second-order valence-electron chi connectivity index (χ2n) is 5.50. The second kappa shape index (κ2) is 8.35. The van der Waals surface area contributed by atoms with Crippen LogP contribution in [-0.2, 0) is 11.2 Å². The average Bonchev–Trinajstić information content (AvgIpc) is 2.50. The highest BCUT2D eigenvalue weighted by Gasteiger charge is 2.17. The van der Waals surface area contributed by atoms with Gasteiger partial charge in [-0.25, -0.2) is 4.98 Å². The normalized spacial score (nSPS) is 12.0. The zero-order chi connectivity index (χ0) is 17.7. The minimum Gasteiger partial charge on any atom is -0.325 e. The van der Waals surface area contributed by atoms with Crippen LogP contribution in [0.15, 0.2) is 34.2 Å². The van der Waals surface area contributed by atoms with Crippen molar-refractivity contribution in [3.05, 3.63) is 50.9 Å². The van der Waals surface area contributed by atoms with Gasteiger partial charge in [0, 0.05) is 22.5 Å². The Labute approximate surface area is 150 Å². The Hall–Kier alpha value is -1.79. The Morgan fingerprint density at radius 2 is 2.17 bits per heavy atom. The molecule has 0 radical (unpaired) electrons. The number of hydrogen-bond acceptors (Lipinski definition) is 4. The van der Waals surface area contributed by atoms with Crippen molar-refractivity contribution in [2.45, 2.75) is 44.0 Å². The third-order valence-electron chi connectivity index (χ3n) is 3.39. The van der Waals surface area contributed by atoms with E-state index < -0.39 is 5.25 Å². The molecule has 1 atom stereocenters. The molecule has 0 aliphatic heterocycles. The predicted molar refractivity (Wildman–Crippen MR) is 99.0 cm³/mol. The van der Waals surface area contributed by atoms with Gasteiger partial charge in [-0.2, -0.15) is 0 Å². The summed E-state index contributed by atoms with van der Waals surface area (Å²) in [7, 11) is 0. The minimum atomic E-state index is -0.414. The first-order chi connectivity index (χ1) is 11.4. The lowest BCUT2D eigenvalue weighted by Gasteiger charge is -2.13. The Bertz CT molecular complexity index is 792. The summed E-state index contributed by atoms with van der Waals surface area (Å²) in [4.78, 5) is 31.1. The third kappa shape index (κ3) is 5.11. The standard InChI is InChI=1S/C17H20ClN3O2S/c1-4-5-13-9-15(22)21-17(19-13)24-11(3)16(23)20-14-8-12(18)7-6-10(14)2/h6-9,11H,4-5H2,1-3H3,(H,20,23)(H,19,21,22)/t11-/m0/s1. The van der Waals surface area contributed by atoms with E-state index in [9.17, 15) is 9.59 Å². The van der Waals surface area contributed by atoms with Crippen LogP contribution in [0.3, 0.4) is 0 Å². The molecule has 2 aromatic rings. The summed E-state index contributed by atoms with van der Waals surface area (Å²) < 4.78 is 0. The summed E-state index contributed by atoms with van der Waals surface area (Å²) in [6.45, 7) is 5.70. The zero-order valence-electron chi connectivity index (χ0n) is 13.9. The van der Waals surface area contributed by atoms with E-state index in [1.165, 1.54) is 17.8 Å². The fraction of sp³-hybridized carbons (Fsp3) is 0.353. The fourth-order valence-corrected chi connectivity index (χ4v) is 3.11. The molecule has 0 fully saturated rings. The lowest BCUT2D eigenvalue weighted by Crippen LogP contribution is -2.23. The number of aromatic amines is 1. The van der Waals surface area contributed by atoms with Gasteiger partial charge in [-0.05, 0) is 38.0 Å². The molecule has 0 unspecified atom stereocenters. The highest BCUT2D eigenvalue weighted by molar-refractivity contribution is 8.00. The molecule has 2 N–H and O–H groups in total. The smallest absolute Gasteiger partial charge is 0.251 e. The predicted octanol–water partition coefficient (Wildman–Crippen LogP) is 3.80. The van der Waals surface area contributed by atoms with Gasteiger partial charge in [-0.1, -0.05) is 42.8 Å². The molecule has 1 aromatic carbocycles. The van der Waals surface area contributed by atoms with Gasteiger partial charge in [-0.3, -0.25) is 9.59 Å². The van der Waals surface area contributed by atoms with Crippen LogP contribution in [0.25, 0.3) is 0 Å². The SMILES string of the molecule is CCCc1cc(=O)[nH]c(S[C@@H](C)C(=O)Nc2cc(Cl)ccc2C)n1. The number of nitrogens with one attached hydrogen (secondary N) is 2. The molecule has 128 valence electrons. The highest BCUT2D eigenvalue weighted by Crippen LogP contribution is 2.23. The molecule has 1 amide bonds. The number of benzene rings is 1.